The van der Waals surface area contributed by atoms with Crippen molar-refractivity contribution in [2.24, 2.45) is 0 Å². The summed E-state index contributed by atoms with van der Waals surface area (Å²) in [6.07, 6.45) is 0.333. The minimum atomic E-state index is -0.994. The minimum Gasteiger partial charge on any atom is -0.494 e. The van der Waals surface area contributed by atoms with Gasteiger partial charge in [0.25, 0.3) is 11.8 Å². The van der Waals surface area contributed by atoms with Gasteiger partial charge in [-0.05, 0) is 59.9 Å². The zero-order valence-corrected chi connectivity index (χ0v) is 24.1. The lowest BCUT2D eigenvalue weighted by atomic mass is 9.94. The summed E-state index contributed by atoms with van der Waals surface area (Å²) in [6, 6.07) is 30.2. The summed E-state index contributed by atoms with van der Waals surface area (Å²) in [5, 5.41) is 22.3. The Morgan fingerprint density at radius 3 is 2.02 bits per heavy atom. The Bertz CT molecular complexity index is 1520. The summed E-state index contributed by atoms with van der Waals surface area (Å²) in [5.74, 6) is -0.948. The van der Waals surface area contributed by atoms with Crippen molar-refractivity contribution in [3.8, 4) is 16.9 Å². The molecule has 0 spiro atoms. The summed E-state index contributed by atoms with van der Waals surface area (Å²) in [4.78, 5) is 40.5. The Hall–Kier alpha value is -4.95. The summed E-state index contributed by atoms with van der Waals surface area (Å²) < 4.78 is 5.51. The Labute approximate surface area is 251 Å². The molecule has 4 aromatic rings. The molecule has 1 atom stereocenters. The van der Waals surface area contributed by atoms with Gasteiger partial charge in [-0.2, -0.15) is 0 Å². The van der Waals surface area contributed by atoms with Crippen molar-refractivity contribution in [2.75, 3.05) is 26.3 Å². The Morgan fingerprint density at radius 2 is 1.40 bits per heavy atom. The predicted octanol–water partition coefficient (Wildman–Crippen LogP) is 5.38. The number of carbonyl (C=O) groups is 3. The third kappa shape index (κ3) is 8.30. The zero-order valence-electron chi connectivity index (χ0n) is 24.1. The van der Waals surface area contributed by atoms with Crippen LogP contribution in [0.5, 0.6) is 5.75 Å². The fraction of sp³-hybridized carbons (Fsp3) is 0.229. The zero-order chi connectivity index (χ0) is 30.6. The number of nitrogens with zero attached hydrogens (tertiary/aromatic N) is 1. The van der Waals surface area contributed by atoms with E-state index in [2.05, 4.69) is 5.32 Å². The molecule has 0 unspecified atom stereocenters. The van der Waals surface area contributed by atoms with Crippen molar-refractivity contribution in [3.63, 3.8) is 0 Å². The number of aliphatic hydroxyl groups is 1. The summed E-state index contributed by atoms with van der Waals surface area (Å²) in [5.41, 5.74) is 3.58. The number of nitrogens with one attached hydrogen (secondary N) is 1. The Kier molecular flexibility index (Phi) is 11.0. The molecule has 4 rings (SSSR count). The smallest absolute Gasteiger partial charge is 0.305 e. The number of carboxylic acids is 1. The summed E-state index contributed by atoms with van der Waals surface area (Å²) in [6.45, 7) is 2.55. The average Bonchev–Trinajstić information content (AvgIpc) is 3.04. The van der Waals surface area contributed by atoms with Crippen LogP contribution in [0.4, 0.5) is 0 Å². The van der Waals surface area contributed by atoms with Crippen LogP contribution in [-0.4, -0.2) is 59.2 Å². The van der Waals surface area contributed by atoms with Crippen LogP contribution in [-0.2, 0) is 11.2 Å². The van der Waals surface area contributed by atoms with Crippen LogP contribution in [0.1, 0.15) is 51.2 Å². The van der Waals surface area contributed by atoms with Crippen molar-refractivity contribution < 1.29 is 29.3 Å². The van der Waals surface area contributed by atoms with Gasteiger partial charge in [0, 0.05) is 24.2 Å². The van der Waals surface area contributed by atoms with E-state index >= 15 is 0 Å². The van der Waals surface area contributed by atoms with Gasteiger partial charge in [0.1, 0.15) is 5.75 Å². The number of hydrogen-bond donors (Lipinski definition) is 3. The second kappa shape index (κ2) is 15.3. The second-order valence-electron chi connectivity index (χ2n) is 9.97. The molecule has 0 saturated carbocycles. The van der Waals surface area contributed by atoms with Crippen molar-refractivity contribution >= 4 is 17.8 Å². The van der Waals surface area contributed by atoms with Gasteiger partial charge in [0.05, 0.1) is 25.7 Å². The molecule has 222 valence electrons. The first kappa shape index (κ1) is 31.0. The standard InChI is InChI=1S/C35H36N2O6/c1-2-43-27-18-16-25(17-19-27)20-22-37(23-21-33(39)40)35(42)31-15-9-7-13-29(31)28-12-6-8-14-30(28)34(41)36-32(24-38)26-10-4-3-5-11-26/h3-19,32,38H,2,20-24H2,1H3,(H,36,41)(H,39,40)/t32-/m1/s1. The number of rotatable bonds is 14. The van der Waals surface area contributed by atoms with E-state index in [1.54, 1.807) is 53.4 Å². The molecule has 8 nitrogen and oxygen atoms in total. The second-order valence-corrected chi connectivity index (χ2v) is 9.97. The molecule has 4 aromatic carbocycles. The van der Waals surface area contributed by atoms with E-state index in [1.807, 2.05) is 61.5 Å². The van der Waals surface area contributed by atoms with Crippen molar-refractivity contribution in [1.29, 1.82) is 0 Å². The number of aliphatic carboxylic acids is 1. The quantitative estimate of drug-likeness (QED) is 0.185. The Morgan fingerprint density at radius 1 is 0.791 bits per heavy atom. The van der Waals surface area contributed by atoms with E-state index in [0.29, 0.717) is 41.8 Å². The molecule has 0 saturated heterocycles. The number of amides is 2. The fourth-order valence-electron chi connectivity index (χ4n) is 4.88. The lowest BCUT2D eigenvalue weighted by molar-refractivity contribution is -0.137. The molecule has 0 aromatic heterocycles. The first-order valence-electron chi connectivity index (χ1n) is 14.3. The van der Waals surface area contributed by atoms with Gasteiger partial charge in [-0.1, -0.05) is 78.9 Å². The molecule has 0 aliphatic rings. The topological polar surface area (TPSA) is 116 Å². The number of benzene rings is 4. The van der Waals surface area contributed by atoms with Gasteiger partial charge in [0.2, 0.25) is 0 Å². The number of hydrogen-bond acceptors (Lipinski definition) is 5. The van der Waals surface area contributed by atoms with E-state index < -0.39 is 12.0 Å². The number of ether oxygens (including phenoxy) is 1. The lowest BCUT2D eigenvalue weighted by Gasteiger charge is -2.24. The van der Waals surface area contributed by atoms with E-state index in [1.165, 1.54) is 0 Å². The fourth-order valence-corrected chi connectivity index (χ4v) is 4.88. The van der Waals surface area contributed by atoms with E-state index in [0.717, 1.165) is 16.9 Å². The highest BCUT2D eigenvalue weighted by Crippen LogP contribution is 2.29. The number of carbonyl (C=O) groups excluding carboxylic acids is 2. The molecule has 0 aliphatic heterocycles. The van der Waals surface area contributed by atoms with E-state index in [9.17, 15) is 24.6 Å². The number of carboxylic acid groups (broad SMARTS) is 1. The first-order chi connectivity index (χ1) is 20.9. The van der Waals surface area contributed by atoms with Crippen molar-refractivity contribution in [1.82, 2.24) is 10.2 Å². The van der Waals surface area contributed by atoms with Crippen LogP contribution in [0.3, 0.4) is 0 Å². The first-order valence-corrected chi connectivity index (χ1v) is 14.3. The highest BCUT2D eigenvalue weighted by molar-refractivity contribution is 6.06. The molecule has 0 radical (unpaired) electrons. The predicted molar refractivity (Wildman–Crippen MR) is 165 cm³/mol. The van der Waals surface area contributed by atoms with Crippen LogP contribution >= 0.6 is 0 Å². The van der Waals surface area contributed by atoms with Crippen LogP contribution in [0.2, 0.25) is 0 Å². The van der Waals surface area contributed by atoms with E-state index in [-0.39, 0.29) is 31.4 Å². The minimum absolute atomic E-state index is 0.0386. The van der Waals surface area contributed by atoms with Gasteiger partial charge in [0.15, 0.2) is 0 Å². The molecule has 3 N–H and O–H groups in total. The normalized spacial score (nSPS) is 11.4. The lowest BCUT2D eigenvalue weighted by Crippen LogP contribution is -2.35. The highest BCUT2D eigenvalue weighted by Gasteiger charge is 2.23. The van der Waals surface area contributed by atoms with Gasteiger partial charge in [-0.15, -0.1) is 0 Å². The third-order valence-corrected chi connectivity index (χ3v) is 7.10. The molecule has 8 heteroatoms. The SMILES string of the molecule is CCOc1ccc(CCN(CCC(=O)O)C(=O)c2ccccc2-c2ccccc2C(=O)N[C@H](CO)c2ccccc2)cc1. The summed E-state index contributed by atoms with van der Waals surface area (Å²) >= 11 is 0. The molecule has 0 heterocycles. The van der Waals surface area contributed by atoms with Crippen LogP contribution in [0, 0.1) is 0 Å². The van der Waals surface area contributed by atoms with Gasteiger partial charge < -0.3 is 25.2 Å². The molecule has 0 bridgehead atoms. The molecule has 43 heavy (non-hydrogen) atoms. The van der Waals surface area contributed by atoms with Gasteiger partial charge in [-0.3, -0.25) is 14.4 Å². The summed E-state index contributed by atoms with van der Waals surface area (Å²) in [7, 11) is 0. The largest absolute Gasteiger partial charge is 0.494 e. The maximum Gasteiger partial charge on any atom is 0.305 e. The van der Waals surface area contributed by atoms with Crippen LogP contribution in [0.25, 0.3) is 11.1 Å². The molecular weight excluding hydrogens is 544 g/mol. The monoisotopic (exact) mass is 580 g/mol. The van der Waals surface area contributed by atoms with E-state index in [4.69, 9.17) is 4.74 Å². The van der Waals surface area contributed by atoms with Crippen LogP contribution < -0.4 is 10.1 Å². The Balaban J connectivity index is 1.61. The molecular formula is C35H36N2O6. The highest BCUT2D eigenvalue weighted by atomic mass is 16.5. The molecule has 0 fully saturated rings. The number of aliphatic hydroxyl groups excluding tert-OH is 1. The maximum atomic E-state index is 14.0. The molecule has 2 amide bonds. The maximum absolute atomic E-state index is 14.0. The van der Waals surface area contributed by atoms with Gasteiger partial charge in [-0.25, -0.2) is 0 Å². The van der Waals surface area contributed by atoms with Crippen LogP contribution in [0.15, 0.2) is 103 Å². The van der Waals surface area contributed by atoms with Gasteiger partial charge >= 0.3 is 5.97 Å². The third-order valence-electron chi connectivity index (χ3n) is 7.10. The van der Waals surface area contributed by atoms with Crippen molar-refractivity contribution in [3.05, 3.63) is 125 Å². The van der Waals surface area contributed by atoms with Crippen molar-refractivity contribution in [2.45, 2.75) is 25.8 Å². The average molecular weight is 581 g/mol. The molecule has 0 aliphatic carbocycles.